The lowest BCUT2D eigenvalue weighted by Crippen LogP contribution is -2.06. The number of allylic oxidation sites excluding steroid dienone is 8. The number of unbranched alkanes of at least 4 members (excludes halogenated alkanes) is 4. The molecule has 0 heterocycles. The van der Waals surface area contributed by atoms with Gasteiger partial charge in [-0.1, -0.05) is 80.5 Å². The van der Waals surface area contributed by atoms with Crippen molar-refractivity contribution in [1.82, 2.24) is 0 Å². The molecule has 0 unspecified atom stereocenters. The van der Waals surface area contributed by atoms with Crippen LogP contribution in [-0.2, 0) is 9.59 Å². The fourth-order valence-electron chi connectivity index (χ4n) is 2.82. The van der Waals surface area contributed by atoms with Gasteiger partial charge in [-0.15, -0.1) is 0 Å². The number of aliphatic carboxylic acids is 1. The first-order valence-corrected chi connectivity index (χ1v) is 12.2. The van der Waals surface area contributed by atoms with E-state index in [1.54, 1.807) is 12.1 Å². The normalized spacial score (nSPS) is 11.3. The van der Waals surface area contributed by atoms with Crippen molar-refractivity contribution in [3.63, 3.8) is 0 Å². The number of carbonyl (C=O) groups is 3. The molecule has 0 amide bonds. The number of ether oxygens (including phenoxy) is 1. The Bertz CT molecular complexity index is 848. The van der Waals surface area contributed by atoms with Gasteiger partial charge in [-0.3, -0.25) is 9.59 Å². The molecule has 0 aromatic heterocycles. The molecule has 192 valence electrons. The highest BCUT2D eigenvalue weighted by molar-refractivity contribution is 5.91. The second-order valence-corrected chi connectivity index (χ2v) is 7.77. The van der Waals surface area contributed by atoms with Gasteiger partial charge >= 0.3 is 17.9 Å². The van der Waals surface area contributed by atoms with Crippen LogP contribution in [0.4, 0.5) is 0 Å². The maximum absolute atomic E-state index is 10.6. The molecule has 0 radical (unpaired) electrons. The zero-order valence-electron chi connectivity index (χ0n) is 21.0. The summed E-state index contributed by atoms with van der Waals surface area (Å²) in [7, 11) is 0. The maximum Gasteiger partial charge on any atom is 0.339 e. The number of rotatable bonds is 16. The van der Waals surface area contributed by atoms with Crippen molar-refractivity contribution in [1.29, 1.82) is 0 Å². The Morgan fingerprint density at radius 1 is 0.771 bits per heavy atom. The summed E-state index contributed by atoms with van der Waals surface area (Å²) >= 11 is 0. The summed E-state index contributed by atoms with van der Waals surface area (Å²) in [5.41, 5.74) is -0.0160. The van der Waals surface area contributed by atoms with Crippen molar-refractivity contribution in [3.8, 4) is 5.75 Å². The molecule has 0 aliphatic rings. The van der Waals surface area contributed by atoms with Gasteiger partial charge in [0.15, 0.2) is 0 Å². The third-order valence-corrected chi connectivity index (χ3v) is 4.59. The monoisotopic (exact) mass is 484 g/mol. The van der Waals surface area contributed by atoms with Gasteiger partial charge in [-0.05, 0) is 57.1 Å². The maximum atomic E-state index is 10.6. The zero-order chi connectivity index (χ0) is 26.2. The minimum Gasteiger partial charge on any atom is -0.481 e. The van der Waals surface area contributed by atoms with Gasteiger partial charge in [0.2, 0.25) is 0 Å². The summed E-state index contributed by atoms with van der Waals surface area (Å²) in [6.45, 7) is 3.45. The number of carbonyl (C=O) groups excluding carboxylic acids is 1. The highest BCUT2D eigenvalue weighted by Gasteiger charge is 2.11. The highest BCUT2D eigenvalue weighted by Crippen LogP contribution is 2.17. The molecule has 1 aromatic carbocycles. The summed E-state index contributed by atoms with van der Waals surface area (Å²) in [5.74, 6) is -2.29. The van der Waals surface area contributed by atoms with Crippen molar-refractivity contribution < 1.29 is 29.3 Å². The lowest BCUT2D eigenvalue weighted by Gasteiger charge is -2.03. The smallest absolute Gasteiger partial charge is 0.339 e. The number of carboxylic acid groups (broad SMARTS) is 2. The molecule has 0 spiro atoms. The number of benzene rings is 1. The van der Waals surface area contributed by atoms with E-state index in [1.807, 2.05) is 0 Å². The quantitative estimate of drug-likeness (QED) is 0.109. The van der Waals surface area contributed by atoms with E-state index in [1.165, 1.54) is 44.7 Å². The Morgan fingerprint density at radius 3 is 1.77 bits per heavy atom. The van der Waals surface area contributed by atoms with E-state index in [-0.39, 0.29) is 17.7 Å². The second kappa shape index (κ2) is 22.4. The average molecular weight is 485 g/mol. The molecule has 35 heavy (non-hydrogen) atoms. The van der Waals surface area contributed by atoms with Crippen LogP contribution in [0.1, 0.15) is 88.4 Å². The summed E-state index contributed by atoms with van der Waals surface area (Å²) in [6.07, 6.45) is 27.3. The molecule has 0 bridgehead atoms. The van der Waals surface area contributed by atoms with Crippen LogP contribution in [0.25, 0.3) is 0 Å². The van der Waals surface area contributed by atoms with Gasteiger partial charge in [0.25, 0.3) is 0 Å². The van der Waals surface area contributed by atoms with Gasteiger partial charge in [0, 0.05) is 13.3 Å². The van der Waals surface area contributed by atoms with Crippen molar-refractivity contribution in [2.45, 2.75) is 78.1 Å². The predicted molar refractivity (Wildman–Crippen MR) is 141 cm³/mol. The van der Waals surface area contributed by atoms with Crippen LogP contribution >= 0.6 is 0 Å². The molecular formula is C29H40O6. The molecular weight excluding hydrogens is 444 g/mol. The molecule has 1 aromatic rings. The van der Waals surface area contributed by atoms with E-state index in [0.29, 0.717) is 0 Å². The van der Waals surface area contributed by atoms with E-state index in [2.05, 4.69) is 60.3 Å². The summed E-state index contributed by atoms with van der Waals surface area (Å²) in [4.78, 5) is 31.5. The van der Waals surface area contributed by atoms with E-state index in [0.717, 1.165) is 32.1 Å². The summed E-state index contributed by atoms with van der Waals surface area (Å²) in [5, 5.41) is 17.2. The fourth-order valence-corrected chi connectivity index (χ4v) is 2.82. The number of hydrogen-bond donors (Lipinski definition) is 2. The Morgan fingerprint density at radius 2 is 1.29 bits per heavy atom. The van der Waals surface area contributed by atoms with Crippen molar-refractivity contribution in [2.75, 3.05) is 0 Å². The van der Waals surface area contributed by atoms with Crippen molar-refractivity contribution >= 4 is 17.9 Å². The van der Waals surface area contributed by atoms with Gasteiger partial charge in [-0.25, -0.2) is 4.79 Å². The number of carboxylic acids is 2. The summed E-state index contributed by atoms with van der Waals surface area (Å²) in [6, 6.07) is 5.98. The molecule has 0 atom stereocenters. The van der Waals surface area contributed by atoms with Gasteiger partial charge in [0.1, 0.15) is 11.3 Å². The van der Waals surface area contributed by atoms with Crippen LogP contribution in [0.2, 0.25) is 0 Å². The Hall–Kier alpha value is -3.41. The average Bonchev–Trinajstić information content (AvgIpc) is 2.81. The molecule has 0 saturated carbocycles. The molecule has 1 rings (SSSR count). The van der Waals surface area contributed by atoms with Crippen LogP contribution < -0.4 is 4.74 Å². The lowest BCUT2D eigenvalue weighted by atomic mass is 10.2. The Balaban J connectivity index is 0.000000750. The first kappa shape index (κ1) is 31.6. The van der Waals surface area contributed by atoms with Gasteiger partial charge in [0.05, 0.1) is 0 Å². The first-order chi connectivity index (χ1) is 16.9. The second-order valence-electron chi connectivity index (χ2n) is 7.77. The molecule has 0 aliphatic carbocycles. The minimum absolute atomic E-state index is 0.0160. The van der Waals surface area contributed by atoms with Gasteiger partial charge in [-0.2, -0.15) is 0 Å². The SMILES string of the molecule is CC(=O)Oc1ccccc1C(=O)O.CCCCC/C=C\C/C=C\C/C=C\C/C=C\CCCC(=O)O. The Labute approximate surface area is 209 Å². The highest BCUT2D eigenvalue weighted by atomic mass is 16.5. The molecule has 6 nitrogen and oxygen atoms in total. The standard InChI is InChI=1S/C20H32O2.C9H8O4/c1-2-3-4-5-6-7-8-9-10-11-12-13-14-15-16-17-18-19-20(21)22;1-6(10)13-8-5-3-2-4-7(8)9(11)12/h6-7,9-10,12-13,15-16H,2-5,8,11,14,17-19H2,1H3,(H,21,22);2-5H,1H3,(H,11,12)/b7-6-,10-9-,13-12-,16-15-;. The molecule has 6 heteroatoms. The topological polar surface area (TPSA) is 101 Å². The number of para-hydroxylation sites is 1. The summed E-state index contributed by atoms with van der Waals surface area (Å²) < 4.78 is 4.69. The number of esters is 1. The molecule has 0 saturated heterocycles. The van der Waals surface area contributed by atoms with E-state index in [9.17, 15) is 14.4 Å². The van der Waals surface area contributed by atoms with Crippen LogP contribution in [0.15, 0.2) is 72.9 Å². The van der Waals surface area contributed by atoms with Crippen LogP contribution in [-0.4, -0.2) is 28.1 Å². The minimum atomic E-state index is -1.11. The third kappa shape index (κ3) is 20.9. The number of aromatic carboxylic acids is 1. The van der Waals surface area contributed by atoms with Gasteiger partial charge < -0.3 is 14.9 Å². The van der Waals surface area contributed by atoms with Crippen LogP contribution in [0.3, 0.4) is 0 Å². The first-order valence-electron chi connectivity index (χ1n) is 12.2. The zero-order valence-corrected chi connectivity index (χ0v) is 21.0. The van der Waals surface area contributed by atoms with Crippen LogP contribution in [0.5, 0.6) is 5.75 Å². The van der Waals surface area contributed by atoms with Crippen molar-refractivity contribution in [3.05, 3.63) is 78.4 Å². The fraction of sp³-hybridized carbons (Fsp3) is 0.414. The van der Waals surface area contributed by atoms with E-state index in [4.69, 9.17) is 10.2 Å². The predicted octanol–water partition coefficient (Wildman–Crippen LogP) is 7.53. The van der Waals surface area contributed by atoms with Crippen LogP contribution in [0, 0.1) is 0 Å². The molecule has 2 N–H and O–H groups in total. The van der Waals surface area contributed by atoms with E-state index < -0.39 is 17.9 Å². The Kier molecular flexibility index (Phi) is 20.2. The third-order valence-electron chi connectivity index (χ3n) is 4.59. The molecule has 0 aliphatic heterocycles. The molecule has 0 fully saturated rings. The number of hydrogen-bond acceptors (Lipinski definition) is 4. The van der Waals surface area contributed by atoms with Crippen molar-refractivity contribution in [2.24, 2.45) is 0 Å². The largest absolute Gasteiger partial charge is 0.481 e. The van der Waals surface area contributed by atoms with E-state index >= 15 is 0 Å². The lowest BCUT2D eigenvalue weighted by molar-refractivity contribution is -0.137.